The Kier molecular flexibility index (Phi) is 14.2. The van der Waals surface area contributed by atoms with Crippen molar-refractivity contribution in [2.75, 3.05) is 31.2 Å². The van der Waals surface area contributed by atoms with Gasteiger partial charge in [0.05, 0.1) is 24.9 Å². The fraction of sp³-hybridized carbons (Fsp3) is 0.600. The first-order valence-corrected chi connectivity index (χ1v) is 23.5. The van der Waals surface area contributed by atoms with Crippen molar-refractivity contribution in [1.82, 2.24) is 19.9 Å². The van der Waals surface area contributed by atoms with Gasteiger partial charge in [-0.15, -0.1) is 5.10 Å². The molecule has 0 unspecified atom stereocenters. The third-order valence-electron chi connectivity index (χ3n) is 12.1. The molecule has 7 atom stereocenters. The molecule has 59 heavy (non-hydrogen) atoms. The summed E-state index contributed by atoms with van der Waals surface area (Å²) in [6, 6.07) is 3.79. The molecule has 1 saturated carbocycles. The van der Waals surface area contributed by atoms with Crippen LogP contribution in [-0.2, 0) is 23.5 Å². The van der Waals surface area contributed by atoms with E-state index in [1.807, 2.05) is 0 Å². The molecule has 1 aliphatic carbocycles. The summed E-state index contributed by atoms with van der Waals surface area (Å²) in [5, 5.41) is 42.0. The maximum absolute atomic E-state index is 15.1. The molecule has 0 radical (unpaired) electrons. The first-order valence-electron chi connectivity index (χ1n) is 19.8. The highest BCUT2D eigenvalue weighted by Crippen LogP contribution is 2.40. The molecule has 0 bridgehead atoms. The molecule has 2 amide bonds. The highest BCUT2D eigenvalue weighted by molar-refractivity contribution is 6.74. The number of carbonyl (C=O) groups excluding carboxylic acids is 2. The lowest BCUT2D eigenvalue weighted by molar-refractivity contribution is -0.217. The third kappa shape index (κ3) is 9.99. The van der Waals surface area contributed by atoms with Crippen molar-refractivity contribution in [2.24, 2.45) is 0 Å². The minimum atomic E-state index is -2.06. The first-order chi connectivity index (χ1) is 27.8. The van der Waals surface area contributed by atoms with Crippen LogP contribution in [0.2, 0.25) is 28.2 Å². The number of piperidine rings is 1. The summed E-state index contributed by atoms with van der Waals surface area (Å²) in [6.07, 6.45) is -2.57. The molecule has 0 spiro atoms. The number of benzene rings is 2. The molecule has 6 rings (SSSR count). The van der Waals surface area contributed by atoms with Gasteiger partial charge in [0.15, 0.2) is 31.9 Å². The number of hydrogen-bond acceptors (Lipinski definition) is 10. The molecule has 324 valence electrons. The Balaban J connectivity index is 1.35. The van der Waals surface area contributed by atoms with Gasteiger partial charge in [-0.3, -0.25) is 9.59 Å². The number of amides is 2. The van der Waals surface area contributed by atoms with Gasteiger partial charge < -0.3 is 39.0 Å². The van der Waals surface area contributed by atoms with Gasteiger partial charge in [0, 0.05) is 40.5 Å². The average Bonchev–Trinajstić information content (AvgIpc) is 3.66. The second-order valence-electron chi connectivity index (χ2n) is 17.1. The molecule has 2 aliphatic heterocycles. The lowest BCUT2D eigenvalue weighted by Gasteiger charge is -2.46. The number of hydrogen-bond donors (Lipinski definition) is 3. The summed E-state index contributed by atoms with van der Waals surface area (Å²) < 4.78 is 62.6. The number of anilines is 1. The minimum Gasteiger partial charge on any atom is -0.414 e. The number of carbonyl (C=O) groups is 2. The SMILES string of the molecule is CC(C)(C)[Si](C)(C)OC1CCN(C(=O)CO[C@@H]2[C@@H](n3cc(-c4cc(F)c(F)c(F)c4)nn3)[C@@H](O)[C@@H](CO)O[C@H]2C(=O)N(c2cc(Cl)cc(Cl)c2)[C@H]2CCCC[C@@H]2O)CC1. The van der Waals surface area contributed by atoms with Gasteiger partial charge in [-0.05, 0) is 74.1 Å². The van der Waals surface area contributed by atoms with Crippen molar-refractivity contribution in [3.63, 3.8) is 0 Å². The van der Waals surface area contributed by atoms with Crippen LogP contribution in [0, 0.1) is 17.5 Å². The highest BCUT2D eigenvalue weighted by Gasteiger charge is 2.53. The van der Waals surface area contributed by atoms with E-state index in [2.05, 4.69) is 44.2 Å². The number of ether oxygens (including phenoxy) is 2. The Morgan fingerprint density at radius 1 is 0.983 bits per heavy atom. The van der Waals surface area contributed by atoms with E-state index in [0.717, 1.165) is 23.2 Å². The fourth-order valence-electron chi connectivity index (χ4n) is 7.81. The van der Waals surface area contributed by atoms with Gasteiger partial charge in [0.2, 0.25) is 5.91 Å². The molecule has 3 fully saturated rings. The van der Waals surface area contributed by atoms with Gasteiger partial charge >= 0.3 is 0 Å². The fourth-order valence-corrected chi connectivity index (χ4v) is 9.74. The van der Waals surface area contributed by atoms with E-state index in [1.165, 1.54) is 29.3 Å². The van der Waals surface area contributed by atoms with Crippen LogP contribution >= 0.6 is 23.2 Å². The van der Waals surface area contributed by atoms with Crippen molar-refractivity contribution in [3.05, 3.63) is 64.0 Å². The van der Waals surface area contributed by atoms with Crippen molar-refractivity contribution >= 4 is 49.0 Å². The summed E-state index contributed by atoms with van der Waals surface area (Å²) in [5.74, 6) is -5.76. The molecule has 3 aliphatic rings. The number of likely N-dealkylation sites (tertiary alicyclic amines) is 1. The van der Waals surface area contributed by atoms with Gasteiger partial charge in [-0.25, -0.2) is 17.9 Å². The molecule has 13 nitrogen and oxygen atoms in total. The van der Waals surface area contributed by atoms with Gasteiger partial charge in [-0.2, -0.15) is 0 Å². The normalized spacial score (nSPS) is 25.9. The smallest absolute Gasteiger partial charge is 0.259 e. The zero-order chi connectivity index (χ0) is 43.0. The van der Waals surface area contributed by atoms with E-state index in [-0.39, 0.29) is 38.1 Å². The summed E-state index contributed by atoms with van der Waals surface area (Å²) in [6.45, 7) is 10.3. The number of aromatic nitrogens is 3. The Hall–Kier alpha value is -3.13. The Bertz CT molecular complexity index is 1940. The molecule has 3 heterocycles. The van der Waals surface area contributed by atoms with Crippen LogP contribution in [0.5, 0.6) is 0 Å². The Morgan fingerprint density at radius 2 is 1.61 bits per heavy atom. The summed E-state index contributed by atoms with van der Waals surface area (Å²) in [5.41, 5.74) is -0.0567. The molecule has 2 aromatic carbocycles. The van der Waals surface area contributed by atoms with Crippen molar-refractivity contribution < 1.29 is 52.0 Å². The largest absolute Gasteiger partial charge is 0.414 e. The zero-order valence-corrected chi connectivity index (χ0v) is 36.2. The molecule has 1 aromatic heterocycles. The van der Waals surface area contributed by atoms with Crippen molar-refractivity contribution in [1.29, 1.82) is 0 Å². The summed E-state index contributed by atoms with van der Waals surface area (Å²) in [7, 11) is -2.06. The topological polar surface area (TPSA) is 160 Å². The maximum atomic E-state index is 15.1. The molecule has 3 aromatic rings. The second-order valence-corrected chi connectivity index (χ2v) is 22.7. The van der Waals surface area contributed by atoms with E-state index in [0.29, 0.717) is 45.2 Å². The molecule has 2 saturated heterocycles. The zero-order valence-electron chi connectivity index (χ0n) is 33.7. The second kappa shape index (κ2) is 18.5. The average molecular weight is 887 g/mol. The van der Waals surface area contributed by atoms with Gasteiger partial charge in [0.25, 0.3) is 5.91 Å². The Labute approximate surface area is 352 Å². The summed E-state index contributed by atoms with van der Waals surface area (Å²) >= 11 is 12.8. The van der Waals surface area contributed by atoms with E-state index >= 15 is 4.79 Å². The van der Waals surface area contributed by atoms with Crippen LogP contribution in [0.15, 0.2) is 36.5 Å². The lowest BCUT2D eigenvalue weighted by atomic mass is 9.88. The monoisotopic (exact) mass is 885 g/mol. The van der Waals surface area contributed by atoms with Crippen LogP contribution in [0.3, 0.4) is 0 Å². The standard InChI is InChI=1S/C40H52Cl2F3N5O8Si/c1-40(2,3)59(4,5)58-26-10-12-48(13-11-26)33(53)21-56-37-35(49-19-29(46-47-49)22-14-27(43)34(45)28(44)15-22)36(54)32(20-51)57-38(37)39(55)50(30-8-6-7-9-31(30)52)25-17-23(41)16-24(42)18-25/h14-19,26,30-32,35-38,51-52,54H,6-13,20-21H2,1-5H3/t30-,31-,32+,35-,36-,37+,38+/m0/s1. The Morgan fingerprint density at radius 3 is 2.20 bits per heavy atom. The predicted molar refractivity (Wildman–Crippen MR) is 216 cm³/mol. The highest BCUT2D eigenvalue weighted by atomic mass is 35.5. The quantitative estimate of drug-likeness (QED) is 0.153. The van der Waals surface area contributed by atoms with E-state index < -0.39 is 93.4 Å². The third-order valence-corrected chi connectivity index (χ3v) is 17.0. The lowest BCUT2D eigenvalue weighted by Crippen LogP contribution is -2.63. The molecular formula is C40H52Cl2F3N5O8Si. The number of rotatable bonds is 11. The first kappa shape index (κ1) is 45.4. The number of aliphatic hydroxyl groups excluding tert-OH is 3. The van der Waals surface area contributed by atoms with Crippen LogP contribution in [-0.4, -0.2) is 124 Å². The minimum absolute atomic E-state index is 0.0138. The van der Waals surface area contributed by atoms with Crippen LogP contribution in [0.1, 0.15) is 65.3 Å². The van der Waals surface area contributed by atoms with Gasteiger partial charge in [-0.1, -0.05) is 62.0 Å². The number of aliphatic hydroxyl groups is 3. The molecule has 19 heteroatoms. The van der Waals surface area contributed by atoms with E-state index in [1.54, 1.807) is 4.90 Å². The molecular weight excluding hydrogens is 834 g/mol. The van der Waals surface area contributed by atoms with Gasteiger partial charge in [0.1, 0.15) is 36.7 Å². The predicted octanol–water partition coefficient (Wildman–Crippen LogP) is 6.07. The number of nitrogens with zero attached hydrogens (tertiary/aromatic N) is 5. The van der Waals surface area contributed by atoms with Crippen molar-refractivity contribution in [3.8, 4) is 11.3 Å². The van der Waals surface area contributed by atoms with E-state index in [9.17, 15) is 33.3 Å². The van der Waals surface area contributed by atoms with Crippen LogP contribution < -0.4 is 4.90 Å². The van der Waals surface area contributed by atoms with Crippen LogP contribution in [0.25, 0.3) is 11.3 Å². The van der Waals surface area contributed by atoms with Crippen LogP contribution in [0.4, 0.5) is 18.9 Å². The number of halogens is 5. The van der Waals surface area contributed by atoms with Crippen molar-refractivity contribution in [2.45, 2.75) is 126 Å². The summed E-state index contributed by atoms with van der Waals surface area (Å²) in [4.78, 5) is 31.9. The van der Waals surface area contributed by atoms with E-state index in [4.69, 9.17) is 37.1 Å². The maximum Gasteiger partial charge on any atom is 0.259 e. The molecule has 3 N–H and O–H groups in total.